The molecule has 0 bridgehead atoms. The largest absolute Gasteiger partial charge is 0.336 e. The van der Waals surface area contributed by atoms with Gasteiger partial charge in [0.2, 0.25) is 0 Å². The van der Waals surface area contributed by atoms with Crippen molar-refractivity contribution in [3.05, 3.63) is 34.3 Å². The molecule has 5 heteroatoms. The number of aromatic nitrogens is 3. The lowest BCUT2D eigenvalue weighted by molar-refractivity contribution is 0.625. The molecule has 0 spiro atoms. The average molecular weight is 222 g/mol. The van der Waals surface area contributed by atoms with Gasteiger partial charge in [0.15, 0.2) is 0 Å². The molecule has 0 aliphatic heterocycles. The van der Waals surface area contributed by atoms with Crippen molar-refractivity contribution in [1.82, 2.24) is 19.9 Å². The molecule has 0 saturated carbocycles. The summed E-state index contributed by atoms with van der Waals surface area (Å²) < 4.78 is 2.02. The SMILES string of the molecule is CNC(c1cnc(C)s1)c1nccn1C. The highest BCUT2D eigenvalue weighted by atomic mass is 32.1. The fourth-order valence-corrected chi connectivity index (χ4v) is 2.46. The zero-order chi connectivity index (χ0) is 10.8. The number of imidazole rings is 1. The predicted octanol–water partition coefficient (Wildman–Crippen LogP) is 1.49. The lowest BCUT2D eigenvalue weighted by atomic mass is 10.2. The van der Waals surface area contributed by atoms with Crippen LogP contribution < -0.4 is 5.32 Å². The van der Waals surface area contributed by atoms with E-state index in [1.54, 1.807) is 11.3 Å². The van der Waals surface area contributed by atoms with Crippen molar-refractivity contribution >= 4 is 11.3 Å². The summed E-state index contributed by atoms with van der Waals surface area (Å²) in [7, 11) is 3.94. The van der Waals surface area contributed by atoms with Gasteiger partial charge in [-0.2, -0.15) is 0 Å². The number of rotatable bonds is 3. The number of aryl methyl sites for hydroxylation is 2. The van der Waals surface area contributed by atoms with Crippen molar-refractivity contribution in [1.29, 1.82) is 0 Å². The molecule has 1 atom stereocenters. The van der Waals surface area contributed by atoms with Gasteiger partial charge >= 0.3 is 0 Å². The van der Waals surface area contributed by atoms with Crippen LogP contribution in [0.25, 0.3) is 0 Å². The third-order valence-corrected chi connectivity index (χ3v) is 3.31. The maximum absolute atomic E-state index is 4.35. The first-order valence-corrected chi connectivity index (χ1v) is 5.61. The van der Waals surface area contributed by atoms with E-state index in [0.717, 1.165) is 10.8 Å². The second-order valence-electron chi connectivity index (χ2n) is 3.40. The van der Waals surface area contributed by atoms with E-state index in [2.05, 4.69) is 15.3 Å². The minimum Gasteiger partial charge on any atom is -0.336 e. The smallest absolute Gasteiger partial charge is 0.131 e. The van der Waals surface area contributed by atoms with E-state index in [1.165, 1.54) is 4.88 Å². The van der Waals surface area contributed by atoms with E-state index in [9.17, 15) is 0 Å². The summed E-state index contributed by atoms with van der Waals surface area (Å²) in [5, 5.41) is 4.34. The molecule has 0 radical (unpaired) electrons. The molecule has 1 N–H and O–H groups in total. The minimum absolute atomic E-state index is 0.135. The van der Waals surface area contributed by atoms with Gasteiger partial charge in [0.1, 0.15) is 11.9 Å². The standard InChI is InChI=1S/C10H14N4S/c1-7-13-6-8(15-7)9(11-2)10-12-4-5-14(10)3/h4-6,9,11H,1-3H3. The summed E-state index contributed by atoms with van der Waals surface area (Å²) >= 11 is 1.70. The van der Waals surface area contributed by atoms with Crippen molar-refractivity contribution in [2.45, 2.75) is 13.0 Å². The van der Waals surface area contributed by atoms with E-state index in [4.69, 9.17) is 0 Å². The van der Waals surface area contributed by atoms with E-state index in [0.29, 0.717) is 0 Å². The molecule has 4 nitrogen and oxygen atoms in total. The summed E-state index contributed by atoms with van der Waals surface area (Å²) in [6, 6.07) is 0.135. The monoisotopic (exact) mass is 222 g/mol. The molecule has 0 aromatic carbocycles. The first-order chi connectivity index (χ1) is 7.22. The molecule has 2 aromatic heterocycles. The number of nitrogens with one attached hydrogen (secondary N) is 1. The highest BCUT2D eigenvalue weighted by Crippen LogP contribution is 2.24. The summed E-state index contributed by atoms with van der Waals surface area (Å²) in [4.78, 5) is 9.82. The van der Waals surface area contributed by atoms with Gasteiger partial charge in [-0.15, -0.1) is 11.3 Å². The van der Waals surface area contributed by atoms with Crippen molar-refractivity contribution in [2.75, 3.05) is 7.05 Å². The molecule has 0 amide bonds. The van der Waals surface area contributed by atoms with E-state index in [1.807, 2.05) is 44.2 Å². The van der Waals surface area contributed by atoms with Crippen LogP contribution in [0.5, 0.6) is 0 Å². The summed E-state index contributed by atoms with van der Waals surface area (Å²) in [5.74, 6) is 1.01. The third kappa shape index (κ3) is 1.93. The highest BCUT2D eigenvalue weighted by Gasteiger charge is 2.18. The van der Waals surface area contributed by atoms with Crippen molar-refractivity contribution in [2.24, 2.45) is 7.05 Å². The highest BCUT2D eigenvalue weighted by molar-refractivity contribution is 7.11. The van der Waals surface area contributed by atoms with E-state index in [-0.39, 0.29) is 6.04 Å². The Morgan fingerprint density at radius 1 is 1.47 bits per heavy atom. The maximum atomic E-state index is 4.35. The number of thiazole rings is 1. The molecule has 2 heterocycles. The van der Waals surface area contributed by atoms with Gasteiger partial charge in [0.05, 0.1) is 5.01 Å². The molecule has 1 unspecified atom stereocenters. The van der Waals surface area contributed by atoms with Crippen LogP contribution in [-0.2, 0) is 7.05 Å². The van der Waals surface area contributed by atoms with Crippen molar-refractivity contribution in [3.63, 3.8) is 0 Å². The third-order valence-electron chi connectivity index (χ3n) is 2.33. The van der Waals surface area contributed by atoms with Gasteiger partial charge in [-0.1, -0.05) is 0 Å². The normalized spacial score (nSPS) is 13.0. The topological polar surface area (TPSA) is 42.7 Å². The summed E-state index contributed by atoms with van der Waals surface area (Å²) in [6.07, 6.45) is 5.68. The van der Waals surface area contributed by atoms with Crippen LogP contribution in [0.4, 0.5) is 0 Å². The molecule has 2 rings (SSSR count). The van der Waals surface area contributed by atoms with Gasteiger partial charge in [-0.25, -0.2) is 9.97 Å². The van der Waals surface area contributed by atoms with Gasteiger partial charge in [0.25, 0.3) is 0 Å². The fourth-order valence-electron chi connectivity index (χ4n) is 1.57. The number of nitrogens with zero attached hydrogens (tertiary/aromatic N) is 3. The molecule has 80 valence electrons. The van der Waals surface area contributed by atoms with Crippen molar-refractivity contribution in [3.8, 4) is 0 Å². The van der Waals surface area contributed by atoms with Gasteiger partial charge in [-0.3, -0.25) is 0 Å². The van der Waals surface area contributed by atoms with Crippen LogP contribution in [0.3, 0.4) is 0 Å². The van der Waals surface area contributed by atoms with E-state index < -0.39 is 0 Å². The average Bonchev–Trinajstić information content (AvgIpc) is 2.79. The molecule has 0 fully saturated rings. The Balaban J connectivity index is 2.36. The fraction of sp³-hybridized carbons (Fsp3) is 0.400. The molecule has 0 aliphatic carbocycles. The lowest BCUT2D eigenvalue weighted by Gasteiger charge is -2.13. The molecule has 2 aromatic rings. The van der Waals surface area contributed by atoms with Crippen LogP contribution in [0.15, 0.2) is 18.6 Å². The van der Waals surface area contributed by atoms with Crippen molar-refractivity contribution < 1.29 is 0 Å². The predicted molar refractivity (Wildman–Crippen MR) is 61.0 cm³/mol. The van der Waals surface area contributed by atoms with Crippen LogP contribution in [0.1, 0.15) is 21.8 Å². The Morgan fingerprint density at radius 2 is 2.27 bits per heavy atom. The van der Waals surface area contributed by atoms with Gasteiger partial charge in [-0.05, 0) is 14.0 Å². The van der Waals surface area contributed by atoms with Gasteiger partial charge < -0.3 is 9.88 Å². The Kier molecular flexibility index (Phi) is 2.83. The van der Waals surface area contributed by atoms with Gasteiger partial charge in [0, 0.05) is 30.5 Å². The van der Waals surface area contributed by atoms with E-state index >= 15 is 0 Å². The Labute approximate surface area is 93.0 Å². The van der Waals surface area contributed by atoms with Crippen LogP contribution in [0, 0.1) is 6.92 Å². The van der Waals surface area contributed by atoms with Crippen LogP contribution >= 0.6 is 11.3 Å². The minimum atomic E-state index is 0.135. The Bertz CT molecular complexity index is 446. The zero-order valence-corrected chi connectivity index (χ0v) is 9.88. The summed E-state index contributed by atoms with van der Waals surface area (Å²) in [6.45, 7) is 2.01. The number of hydrogen-bond donors (Lipinski definition) is 1. The molecule has 0 saturated heterocycles. The lowest BCUT2D eigenvalue weighted by Crippen LogP contribution is -2.20. The second kappa shape index (κ2) is 4.12. The Hall–Kier alpha value is -1.20. The molecular weight excluding hydrogens is 208 g/mol. The number of hydrogen-bond acceptors (Lipinski definition) is 4. The molecule has 0 aliphatic rings. The second-order valence-corrected chi connectivity index (χ2v) is 4.67. The Morgan fingerprint density at radius 3 is 2.73 bits per heavy atom. The summed E-state index contributed by atoms with van der Waals surface area (Å²) in [5.41, 5.74) is 0. The first kappa shape index (κ1) is 10.3. The first-order valence-electron chi connectivity index (χ1n) is 4.79. The zero-order valence-electron chi connectivity index (χ0n) is 9.06. The molecular formula is C10H14N4S. The quantitative estimate of drug-likeness (QED) is 0.855. The molecule has 15 heavy (non-hydrogen) atoms. The van der Waals surface area contributed by atoms with Crippen LogP contribution in [-0.4, -0.2) is 21.6 Å². The van der Waals surface area contributed by atoms with Crippen LogP contribution in [0.2, 0.25) is 0 Å². The maximum Gasteiger partial charge on any atom is 0.131 e.